The van der Waals surface area contributed by atoms with Gasteiger partial charge in [0.05, 0.1) is 11.0 Å². The standard InChI is InChI=1S/C36H58N2O4S/c1-8-26-28-11-9-10-20-35(28,6)30-18-21-36(7)27(16-17-29(36)31(30)32(26)39)23(2)19-22-37-33(40)38-43(41,42)25-14-12-24(13-15-25)34(3,4)5/h12-15,23,26-32,39H,8-11,16-22H2,1-7H3,(H2,37,38,40)/t23-,26-,27-,28+,29+,30+,31+,32-,35+,36-/m1/s1. The van der Waals surface area contributed by atoms with Gasteiger partial charge < -0.3 is 10.4 Å². The van der Waals surface area contributed by atoms with Gasteiger partial charge in [-0.1, -0.05) is 79.9 Å². The summed E-state index contributed by atoms with van der Waals surface area (Å²) in [5.74, 6) is 3.68. The third-order valence-electron chi connectivity index (χ3n) is 13.2. The fraction of sp³-hybridized carbons (Fsp3) is 0.806. The molecule has 0 saturated heterocycles. The number of amides is 2. The summed E-state index contributed by atoms with van der Waals surface area (Å²) in [7, 11) is -3.94. The number of aliphatic hydroxyl groups is 1. The van der Waals surface area contributed by atoms with E-state index in [1.165, 1.54) is 51.4 Å². The molecule has 5 rings (SSSR count). The summed E-state index contributed by atoms with van der Waals surface area (Å²) in [6.07, 6.45) is 11.9. The maximum atomic E-state index is 12.8. The van der Waals surface area contributed by atoms with E-state index >= 15 is 0 Å². The quantitative estimate of drug-likeness (QED) is 0.294. The predicted molar refractivity (Wildman–Crippen MR) is 173 cm³/mol. The van der Waals surface area contributed by atoms with E-state index in [1.807, 2.05) is 0 Å². The molecule has 6 nitrogen and oxygen atoms in total. The van der Waals surface area contributed by atoms with Crippen LogP contribution in [0.15, 0.2) is 29.2 Å². The van der Waals surface area contributed by atoms with E-state index in [2.05, 4.69) is 58.5 Å². The minimum atomic E-state index is -3.94. The largest absolute Gasteiger partial charge is 0.393 e. The molecule has 4 fully saturated rings. The molecule has 3 N–H and O–H groups in total. The normalized spacial score (nSPS) is 38.4. The highest BCUT2D eigenvalue weighted by Crippen LogP contribution is 2.69. The average Bonchev–Trinajstić information content (AvgIpc) is 3.30. The van der Waals surface area contributed by atoms with Crippen molar-refractivity contribution in [1.82, 2.24) is 10.0 Å². The van der Waals surface area contributed by atoms with Crippen LogP contribution in [-0.4, -0.2) is 32.2 Å². The molecule has 43 heavy (non-hydrogen) atoms. The fourth-order valence-electron chi connectivity index (χ4n) is 11.0. The van der Waals surface area contributed by atoms with E-state index in [0.29, 0.717) is 53.4 Å². The molecule has 1 aromatic carbocycles. The maximum Gasteiger partial charge on any atom is 0.328 e. The van der Waals surface area contributed by atoms with E-state index in [4.69, 9.17) is 0 Å². The number of urea groups is 1. The Balaban J connectivity index is 1.19. The monoisotopic (exact) mass is 614 g/mol. The molecule has 0 bridgehead atoms. The highest BCUT2D eigenvalue weighted by molar-refractivity contribution is 7.90. The molecule has 4 aliphatic carbocycles. The van der Waals surface area contributed by atoms with Crippen molar-refractivity contribution >= 4 is 16.1 Å². The van der Waals surface area contributed by atoms with Crippen LogP contribution in [0, 0.1) is 52.3 Å². The van der Waals surface area contributed by atoms with Crippen molar-refractivity contribution in [2.24, 2.45) is 52.3 Å². The van der Waals surface area contributed by atoms with Crippen molar-refractivity contribution in [2.75, 3.05) is 6.54 Å². The second-order valence-corrected chi connectivity index (χ2v) is 18.0. The Kier molecular flexibility index (Phi) is 9.12. The third-order valence-corrected chi connectivity index (χ3v) is 14.6. The van der Waals surface area contributed by atoms with Crippen LogP contribution in [0.25, 0.3) is 0 Å². The van der Waals surface area contributed by atoms with Crippen molar-refractivity contribution in [2.45, 2.75) is 129 Å². The van der Waals surface area contributed by atoms with Gasteiger partial charge in [-0.15, -0.1) is 0 Å². The Morgan fingerprint density at radius 2 is 1.65 bits per heavy atom. The van der Waals surface area contributed by atoms with Crippen LogP contribution < -0.4 is 10.0 Å². The van der Waals surface area contributed by atoms with Crippen LogP contribution in [-0.2, 0) is 15.4 Å². The summed E-state index contributed by atoms with van der Waals surface area (Å²) >= 11 is 0. The minimum Gasteiger partial charge on any atom is -0.393 e. The zero-order chi connectivity index (χ0) is 31.4. The molecule has 242 valence electrons. The van der Waals surface area contributed by atoms with E-state index < -0.39 is 16.1 Å². The molecule has 0 aliphatic heterocycles. The lowest BCUT2D eigenvalue weighted by Crippen LogP contribution is -2.61. The Hall–Kier alpha value is -1.60. The first-order valence-electron chi connectivity index (χ1n) is 17.2. The molecule has 0 radical (unpaired) electrons. The van der Waals surface area contributed by atoms with Crippen molar-refractivity contribution in [1.29, 1.82) is 0 Å². The van der Waals surface area contributed by atoms with Crippen molar-refractivity contribution < 1.29 is 18.3 Å². The van der Waals surface area contributed by atoms with Gasteiger partial charge in [-0.2, -0.15) is 0 Å². The maximum absolute atomic E-state index is 12.8. The number of carbonyl (C=O) groups excluding carboxylic acids is 1. The molecule has 0 aromatic heterocycles. The summed E-state index contributed by atoms with van der Waals surface area (Å²) in [6, 6.07) is 6.06. The van der Waals surface area contributed by atoms with Gasteiger partial charge in [0.15, 0.2) is 0 Å². The highest BCUT2D eigenvalue weighted by Gasteiger charge is 2.64. The summed E-state index contributed by atoms with van der Waals surface area (Å²) < 4.78 is 27.8. The topological polar surface area (TPSA) is 95.5 Å². The van der Waals surface area contributed by atoms with E-state index in [1.54, 1.807) is 24.3 Å². The second-order valence-electron chi connectivity index (χ2n) is 16.3. The third kappa shape index (κ3) is 5.91. The summed E-state index contributed by atoms with van der Waals surface area (Å²) in [5, 5.41) is 14.7. The number of benzene rings is 1. The summed E-state index contributed by atoms with van der Waals surface area (Å²) in [4.78, 5) is 12.7. The fourth-order valence-corrected chi connectivity index (χ4v) is 11.9. The van der Waals surface area contributed by atoms with E-state index in [-0.39, 0.29) is 21.8 Å². The van der Waals surface area contributed by atoms with Crippen molar-refractivity contribution in [3.63, 3.8) is 0 Å². The number of aliphatic hydroxyl groups excluding tert-OH is 1. The second kappa shape index (κ2) is 12.0. The molecule has 0 heterocycles. The molecule has 1 aromatic rings. The number of sulfonamides is 1. The van der Waals surface area contributed by atoms with Crippen LogP contribution in [0.2, 0.25) is 0 Å². The lowest BCUT2D eigenvalue weighted by atomic mass is 9.41. The van der Waals surface area contributed by atoms with E-state index in [9.17, 15) is 18.3 Å². The number of carbonyl (C=O) groups is 1. The van der Waals surface area contributed by atoms with Crippen LogP contribution in [0.1, 0.15) is 118 Å². The Bertz CT molecular complexity index is 1260. The van der Waals surface area contributed by atoms with Crippen molar-refractivity contribution in [3.05, 3.63) is 29.8 Å². The van der Waals surface area contributed by atoms with Crippen LogP contribution >= 0.6 is 0 Å². The zero-order valence-corrected chi connectivity index (χ0v) is 28.6. The van der Waals surface area contributed by atoms with E-state index in [0.717, 1.165) is 18.4 Å². The molecular weight excluding hydrogens is 556 g/mol. The summed E-state index contributed by atoms with van der Waals surface area (Å²) in [5.41, 5.74) is 1.55. The first-order valence-corrected chi connectivity index (χ1v) is 18.7. The van der Waals surface area contributed by atoms with Gasteiger partial charge in [-0.25, -0.2) is 17.9 Å². The average molecular weight is 615 g/mol. The number of hydrogen-bond donors (Lipinski definition) is 3. The molecule has 7 heteroatoms. The van der Waals surface area contributed by atoms with Gasteiger partial charge in [-0.3, -0.25) is 0 Å². The van der Waals surface area contributed by atoms with Gasteiger partial charge in [0.2, 0.25) is 0 Å². The molecule has 10 atom stereocenters. The number of fused-ring (bicyclic) bond motifs is 5. The van der Waals surface area contributed by atoms with Gasteiger partial charge in [0, 0.05) is 6.54 Å². The minimum absolute atomic E-state index is 0.0791. The van der Waals surface area contributed by atoms with Crippen LogP contribution in [0.5, 0.6) is 0 Å². The van der Waals surface area contributed by atoms with Crippen molar-refractivity contribution in [3.8, 4) is 0 Å². The van der Waals surface area contributed by atoms with Gasteiger partial charge >= 0.3 is 6.03 Å². The zero-order valence-electron chi connectivity index (χ0n) is 27.8. The summed E-state index contributed by atoms with van der Waals surface area (Å²) in [6.45, 7) is 16.4. The Morgan fingerprint density at radius 3 is 2.30 bits per heavy atom. The number of rotatable bonds is 7. The number of nitrogens with one attached hydrogen (secondary N) is 2. The Labute approximate surface area is 261 Å². The predicted octanol–water partition coefficient (Wildman–Crippen LogP) is 7.65. The first kappa shape index (κ1) is 32.8. The van der Waals surface area contributed by atoms with Crippen LogP contribution in [0.4, 0.5) is 4.79 Å². The SMILES string of the molecule is CC[C@H]1[C@@H](O)[C@@H]2[C@H](CC[C@]3(C)[C@@H]([C@H](C)CCNC(=O)NS(=O)(=O)c4ccc(C(C)(C)C)cc4)CC[C@@H]23)[C@@]2(C)CCCC[C@@H]12. The van der Waals surface area contributed by atoms with Gasteiger partial charge in [0.25, 0.3) is 10.0 Å². The van der Waals surface area contributed by atoms with Gasteiger partial charge in [-0.05, 0) is 120 Å². The first-order chi connectivity index (χ1) is 20.1. The highest BCUT2D eigenvalue weighted by atomic mass is 32.2. The molecular formula is C36H58N2O4S. The van der Waals surface area contributed by atoms with Crippen LogP contribution in [0.3, 0.4) is 0 Å². The smallest absolute Gasteiger partial charge is 0.328 e. The molecule has 4 aliphatic rings. The molecule has 0 spiro atoms. The molecule has 2 amide bonds. The van der Waals surface area contributed by atoms with Gasteiger partial charge in [0.1, 0.15) is 0 Å². The Morgan fingerprint density at radius 1 is 0.977 bits per heavy atom. The molecule has 0 unspecified atom stereocenters. The number of hydrogen-bond acceptors (Lipinski definition) is 4. The molecule has 4 saturated carbocycles. The lowest BCUT2D eigenvalue weighted by Gasteiger charge is -2.64. The lowest BCUT2D eigenvalue weighted by molar-refractivity contribution is -0.194.